The third-order valence-electron chi connectivity index (χ3n) is 3.76. The molecule has 7 heteroatoms. The number of fused-ring (bicyclic) bond motifs is 1. The summed E-state index contributed by atoms with van der Waals surface area (Å²) in [6, 6.07) is 18.8. The van der Waals surface area contributed by atoms with E-state index in [0.29, 0.717) is 15.2 Å². The SMILES string of the molecule is Nn1c(Nc2ccc(Cl)cc2)nc2sc(-c3ccccc3)cc2c1=O. The van der Waals surface area contributed by atoms with Gasteiger partial charge in [-0.15, -0.1) is 11.3 Å². The molecule has 0 aliphatic heterocycles. The van der Waals surface area contributed by atoms with E-state index >= 15 is 0 Å². The number of nitrogens with two attached hydrogens (primary N) is 1. The van der Waals surface area contributed by atoms with Crippen LogP contribution in [-0.2, 0) is 0 Å². The molecular formula is C18H13ClN4OS. The molecule has 2 heterocycles. The molecule has 0 amide bonds. The molecule has 2 aromatic carbocycles. The summed E-state index contributed by atoms with van der Waals surface area (Å²) in [5.74, 6) is 6.21. The molecule has 0 aliphatic rings. The van der Waals surface area contributed by atoms with E-state index in [1.54, 1.807) is 24.3 Å². The molecule has 0 bridgehead atoms. The minimum Gasteiger partial charge on any atom is -0.333 e. The first-order valence-corrected chi connectivity index (χ1v) is 8.71. The van der Waals surface area contributed by atoms with Crippen LogP contribution in [0.3, 0.4) is 0 Å². The summed E-state index contributed by atoms with van der Waals surface area (Å²) in [6.45, 7) is 0. The summed E-state index contributed by atoms with van der Waals surface area (Å²) < 4.78 is 1.03. The quantitative estimate of drug-likeness (QED) is 0.530. The number of rotatable bonds is 3. The number of aromatic nitrogens is 2. The van der Waals surface area contributed by atoms with E-state index in [-0.39, 0.29) is 11.5 Å². The molecule has 25 heavy (non-hydrogen) atoms. The predicted octanol–water partition coefficient (Wildman–Crippen LogP) is 4.24. The maximum atomic E-state index is 12.6. The van der Waals surface area contributed by atoms with Crippen molar-refractivity contribution in [2.75, 3.05) is 11.2 Å². The van der Waals surface area contributed by atoms with Crippen LogP contribution in [0.4, 0.5) is 11.6 Å². The van der Waals surface area contributed by atoms with Crippen LogP contribution in [0.15, 0.2) is 65.5 Å². The molecule has 0 aliphatic carbocycles. The Kier molecular flexibility index (Phi) is 3.91. The number of benzene rings is 2. The van der Waals surface area contributed by atoms with E-state index < -0.39 is 0 Å². The highest BCUT2D eigenvalue weighted by molar-refractivity contribution is 7.21. The van der Waals surface area contributed by atoms with Crippen molar-refractivity contribution < 1.29 is 0 Å². The average Bonchev–Trinajstić information content (AvgIpc) is 3.06. The maximum absolute atomic E-state index is 12.6. The minimum atomic E-state index is -0.292. The highest BCUT2D eigenvalue weighted by atomic mass is 35.5. The molecule has 0 spiro atoms. The van der Waals surface area contributed by atoms with Gasteiger partial charge < -0.3 is 11.2 Å². The molecule has 4 rings (SSSR count). The summed E-state index contributed by atoms with van der Waals surface area (Å²) >= 11 is 7.35. The van der Waals surface area contributed by atoms with Gasteiger partial charge in [0, 0.05) is 15.6 Å². The Balaban J connectivity index is 1.80. The Morgan fingerprint density at radius 2 is 1.80 bits per heavy atom. The van der Waals surface area contributed by atoms with Crippen molar-refractivity contribution in [3.8, 4) is 10.4 Å². The van der Waals surface area contributed by atoms with Gasteiger partial charge in [0.25, 0.3) is 5.56 Å². The van der Waals surface area contributed by atoms with Gasteiger partial charge in [0.2, 0.25) is 5.95 Å². The van der Waals surface area contributed by atoms with Crippen molar-refractivity contribution in [1.82, 2.24) is 9.66 Å². The molecule has 3 N–H and O–H groups in total. The van der Waals surface area contributed by atoms with E-state index in [9.17, 15) is 4.79 Å². The number of hydrogen-bond acceptors (Lipinski definition) is 5. The first-order valence-electron chi connectivity index (χ1n) is 7.51. The lowest BCUT2D eigenvalue weighted by Crippen LogP contribution is -2.29. The van der Waals surface area contributed by atoms with Crippen molar-refractivity contribution >= 4 is 44.8 Å². The van der Waals surface area contributed by atoms with E-state index in [1.807, 2.05) is 36.4 Å². The van der Waals surface area contributed by atoms with Crippen LogP contribution in [0.5, 0.6) is 0 Å². The minimum absolute atomic E-state index is 0.279. The molecule has 5 nitrogen and oxygen atoms in total. The monoisotopic (exact) mass is 368 g/mol. The molecule has 0 atom stereocenters. The smallest absolute Gasteiger partial charge is 0.282 e. The zero-order valence-corrected chi connectivity index (χ0v) is 14.5. The van der Waals surface area contributed by atoms with Gasteiger partial charge in [-0.1, -0.05) is 41.9 Å². The number of anilines is 2. The second-order valence-electron chi connectivity index (χ2n) is 5.44. The molecule has 2 aromatic heterocycles. The summed E-state index contributed by atoms with van der Waals surface area (Å²) in [7, 11) is 0. The number of nitrogens with zero attached hydrogens (tertiary/aromatic N) is 2. The first-order chi connectivity index (χ1) is 12.1. The fourth-order valence-corrected chi connectivity index (χ4v) is 3.64. The van der Waals surface area contributed by atoms with Crippen molar-refractivity contribution in [2.45, 2.75) is 0 Å². The fraction of sp³-hybridized carbons (Fsp3) is 0. The second kappa shape index (κ2) is 6.23. The topological polar surface area (TPSA) is 72.9 Å². The molecule has 0 unspecified atom stereocenters. The van der Waals surface area contributed by atoms with Crippen LogP contribution in [0.2, 0.25) is 5.02 Å². The van der Waals surface area contributed by atoms with E-state index in [4.69, 9.17) is 17.4 Å². The number of halogens is 1. The van der Waals surface area contributed by atoms with Gasteiger partial charge in [0.1, 0.15) is 4.83 Å². The van der Waals surface area contributed by atoms with Gasteiger partial charge in [-0.3, -0.25) is 4.79 Å². The zero-order valence-electron chi connectivity index (χ0n) is 12.9. The summed E-state index contributed by atoms with van der Waals surface area (Å²) in [6.07, 6.45) is 0. The third-order valence-corrected chi connectivity index (χ3v) is 5.09. The van der Waals surface area contributed by atoms with Gasteiger partial charge in [-0.2, -0.15) is 4.68 Å². The highest BCUT2D eigenvalue weighted by Gasteiger charge is 2.13. The van der Waals surface area contributed by atoms with Gasteiger partial charge in [-0.25, -0.2) is 4.98 Å². The Morgan fingerprint density at radius 1 is 1.08 bits per heavy atom. The lowest BCUT2D eigenvalue weighted by molar-refractivity contribution is 0.929. The molecule has 124 valence electrons. The molecule has 0 radical (unpaired) electrons. The third kappa shape index (κ3) is 2.97. The van der Waals surface area contributed by atoms with Crippen LogP contribution in [0.25, 0.3) is 20.7 Å². The Morgan fingerprint density at radius 3 is 2.52 bits per heavy atom. The van der Waals surface area contributed by atoms with Crippen LogP contribution >= 0.6 is 22.9 Å². The average molecular weight is 369 g/mol. The lowest BCUT2D eigenvalue weighted by Gasteiger charge is -2.09. The largest absolute Gasteiger partial charge is 0.333 e. The standard InChI is InChI=1S/C18H13ClN4OS/c19-12-6-8-13(9-7-12)21-18-22-16-14(17(24)23(18)20)10-15(25-16)11-4-2-1-3-5-11/h1-10H,20H2,(H,21,22). The molecule has 0 saturated heterocycles. The van der Waals surface area contributed by atoms with Gasteiger partial charge >= 0.3 is 0 Å². The Hall–Kier alpha value is -2.83. The van der Waals surface area contributed by atoms with E-state index in [2.05, 4.69) is 10.3 Å². The number of thiophene rings is 1. The van der Waals surface area contributed by atoms with Crippen LogP contribution in [0.1, 0.15) is 0 Å². The van der Waals surface area contributed by atoms with Crippen molar-refractivity contribution in [2.24, 2.45) is 0 Å². The van der Waals surface area contributed by atoms with Crippen molar-refractivity contribution in [3.05, 3.63) is 76.0 Å². The van der Waals surface area contributed by atoms with Crippen molar-refractivity contribution in [1.29, 1.82) is 0 Å². The zero-order chi connectivity index (χ0) is 17.4. The van der Waals surface area contributed by atoms with Gasteiger partial charge in [0.15, 0.2) is 0 Å². The molecule has 0 fully saturated rings. The normalized spacial score (nSPS) is 10.9. The molecule has 4 aromatic rings. The fourth-order valence-electron chi connectivity index (χ4n) is 2.49. The van der Waals surface area contributed by atoms with Crippen LogP contribution in [-0.4, -0.2) is 9.66 Å². The first kappa shape index (κ1) is 15.7. The van der Waals surface area contributed by atoms with E-state index in [0.717, 1.165) is 20.8 Å². The summed E-state index contributed by atoms with van der Waals surface area (Å²) in [4.78, 5) is 18.7. The predicted molar refractivity (Wildman–Crippen MR) is 104 cm³/mol. The summed E-state index contributed by atoms with van der Waals surface area (Å²) in [5, 5.41) is 4.19. The number of hydrogen-bond donors (Lipinski definition) is 2. The number of nitrogen functional groups attached to an aromatic ring is 1. The lowest BCUT2D eigenvalue weighted by atomic mass is 10.2. The van der Waals surface area contributed by atoms with Gasteiger partial charge in [-0.05, 0) is 35.9 Å². The van der Waals surface area contributed by atoms with E-state index in [1.165, 1.54) is 11.3 Å². The van der Waals surface area contributed by atoms with Gasteiger partial charge in [0.05, 0.1) is 5.39 Å². The van der Waals surface area contributed by atoms with Crippen LogP contribution < -0.4 is 16.7 Å². The second-order valence-corrected chi connectivity index (χ2v) is 6.91. The highest BCUT2D eigenvalue weighted by Crippen LogP contribution is 2.31. The Labute approximate surface area is 152 Å². The number of nitrogens with one attached hydrogen (secondary N) is 1. The molecular weight excluding hydrogens is 356 g/mol. The maximum Gasteiger partial charge on any atom is 0.282 e. The van der Waals surface area contributed by atoms with Crippen LogP contribution in [0, 0.1) is 0 Å². The summed E-state index contributed by atoms with van der Waals surface area (Å²) in [5.41, 5.74) is 1.50. The Bertz CT molecular complexity index is 1100. The molecule has 0 saturated carbocycles. The van der Waals surface area contributed by atoms with Crippen molar-refractivity contribution in [3.63, 3.8) is 0 Å².